The molecule has 0 spiro atoms. The average Bonchev–Trinajstić information content (AvgIpc) is 3.12. The molecule has 2 amide bonds. The maximum absolute atomic E-state index is 12.7. The first-order valence-corrected chi connectivity index (χ1v) is 9.38. The molecule has 0 fully saturated rings. The summed E-state index contributed by atoms with van der Waals surface area (Å²) in [5.41, 5.74) is 17.5. The van der Waals surface area contributed by atoms with Crippen LogP contribution in [-0.4, -0.2) is 53.0 Å². The molecule has 0 saturated carbocycles. The molecule has 0 aliphatic heterocycles. The number of carbonyl (C=O) groups excluding carboxylic acids is 2. The number of benzene rings is 1. The summed E-state index contributed by atoms with van der Waals surface area (Å²) in [6.45, 7) is 0.0891. The van der Waals surface area contributed by atoms with Crippen molar-refractivity contribution in [3.8, 4) is 0 Å². The van der Waals surface area contributed by atoms with Crippen LogP contribution in [0.1, 0.15) is 18.4 Å². The standard InChI is InChI=1S/C19H26N7O4/c20-9-16(27)25-14(6-3-7-23-19(21)22)17(28)26-15(18(29)30)8-11-10-24-13-5-2-1-4-12(11)13/h1-2,4-5,10,14,24H,3,6-9,20H2,(H,25,27)(H,26,28)(H,29,30)(H4,21,22,23)/p+1. The normalized spacial score (nSPS) is 11.8. The summed E-state index contributed by atoms with van der Waals surface area (Å²) >= 11 is 0. The molecule has 1 atom stereocenters. The van der Waals surface area contributed by atoms with Crippen molar-refractivity contribution in [2.24, 2.45) is 17.2 Å². The predicted molar refractivity (Wildman–Crippen MR) is 110 cm³/mol. The summed E-state index contributed by atoms with van der Waals surface area (Å²) in [5.74, 6) is -2.38. The van der Waals surface area contributed by atoms with Gasteiger partial charge in [-0.05, 0) is 24.5 Å². The lowest BCUT2D eigenvalue weighted by atomic mass is 10.0. The molecule has 1 aromatic heterocycles. The van der Waals surface area contributed by atoms with Crippen molar-refractivity contribution in [2.45, 2.75) is 25.3 Å². The van der Waals surface area contributed by atoms with Gasteiger partial charge in [-0.25, -0.2) is 4.79 Å². The first kappa shape index (κ1) is 22.7. The zero-order valence-electron chi connectivity index (χ0n) is 16.4. The van der Waals surface area contributed by atoms with Crippen molar-refractivity contribution in [3.05, 3.63) is 42.1 Å². The van der Waals surface area contributed by atoms with Crippen molar-refractivity contribution in [3.63, 3.8) is 0 Å². The Balaban J connectivity index is 2.09. The number of aromatic nitrogens is 1. The Hall–Kier alpha value is -3.60. The number of carboxylic acid groups (broad SMARTS) is 1. The van der Waals surface area contributed by atoms with Crippen LogP contribution in [0.15, 0.2) is 30.5 Å². The lowest BCUT2D eigenvalue weighted by molar-refractivity contribution is -0.459. The van der Waals surface area contributed by atoms with Gasteiger partial charge in [-0.2, -0.15) is 0 Å². The van der Waals surface area contributed by atoms with Crippen molar-refractivity contribution < 1.29 is 24.5 Å². The molecule has 30 heavy (non-hydrogen) atoms. The Kier molecular flexibility index (Phi) is 8.18. The van der Waals surface area contributed by atoms with Crippen LogP contribution < -0.4 is 32.8 Å². The molecule has 11 nitrogen and oxygen atoms in total. The number of H-pyrrole nitrogens is 1. The van der Waals surface area contributed by atoms with Crippen molar-refractivity contribution >= 4 is 34.6 Å². The van der Waals surface area contributed by atoms with Crippen LogP contribution in [0.5, 0.6) is 0 Å². The van der Waals surface area contributed by atoms with Crippen LogP contribution >= 0.6 is 0 Å². The van der Waals surface area contributed by atoms with Crippen molar-refractivity contribution in [1.82, 2.24) is 15.6 Å². The molecule has 0 aliphatic rings. The summed E-state index contributed by atoms with van der Waals surface area (Å²) in [4.78, 5) is 41.9. The van der Waals surface area contributed by atoms with E-state index in [1.54, 1.807) is 6.20 Å². The Labute approximate surface area is 173 Å². The molecular weight excluding hydrogens is 390 g/mol. The van der Waals surface area contributed by atoms with Gasteiger partial charge < -0.3 is 26.5 Å². The molecule has 2 rings (SSSR count). The van der Waals surface area contributed by atoms with Gasteiger partial charge in [-0.1, -0.05) is 18.2 Å². The SMILES string of the molecule is NCC(=O)NC(CCC[NH+]=C(N)N)C(=O)N[C](Cc1c[nH]c2ccccc12)C(=O)O. The lowest BCUT2D eigenvalue weighted by Crippen LogP contribution is -2.78. The highest BCUT2D eigenvalue weighted by Crippen LogP contribution is 2.21. The smallest absolute Gasteiger partial charge is 0.338 e. The van der Waals surface area contributed by atoms with Gasteiger partial charge in [-0.15, -0.1) is 0 Å². The fraction of sp³-hybridized carbons (Fsp3) is 0.316. The minimum absolute atomic E-state index is 0.00284. The second-order valence-corrected chi connectivity index (χ2v) is 6.66. The quantitative estimate of drug-likeness (QED) is 0.108. The summed E-state index contributed by atoms with van der Waals surface area (Å²) in [7, 11) is 0. The lowest BCUT2D eigenvalue weighted by Gasteiger charge is -2.20. The van der Waals surface area contributed by atoms with E-state index in [0.717, 1.165) is 16.5 Å². The molecular formula is C19H27N7O4+. The van der Waals surface area contributed by atoms with Gasteiger partial charge in [0.2, 0.25) is 11.8 Å². The molecule has 161 valence electrons. The van der Waals surface area contributed by atoms with Crippen LogP contribution in [0.3, 0.4) is 0 Å². The maximum atomic E-state index is 12.7. The molecule has 1 heterocycles. The predicted octanol–water partition coefficient (Wildman–Crippen LogP) is -2.98. The number of nitrogens with one attached hydrogen (secondary N) is 4. The van der Waals surface area contributed by atoms with Gasteiger partial charge in [-0.3, -0.25) is 26.0 Å². The Bertz CT molecular complexity index is 920. The summed E-state index contributed by atoms with van der Waals surface area (Å²) in [5, 5.41) is 15.4. The minimum atomic E-state index is -1.26. The first-order valence-electron chi connectivity index (χ1n) is 9.38. The molecule has 1 aromatic carbocycles. The van der Waals surface area contributed by atoms with E-state index >= 15 is 0 Å². The van der Waals surface area contributed by atoms with E-state index in [1.165, 1.54) is 0 Å². The number of nitrogens with two attached hydrogens (primary N) is 3. The Morgan fingerprint density at radius 3 is 2.60 bits per heavy atom. The number of amides is 2. The van der Waals surface area contributed by atoms with Crippen molar-refractivity contribution in [1.29, 1.82) is 0 Å². The van der Waals surface area contributed by atoms with Crippen LogP contribution in [0.25, 0.3) is 10.9 Å². The zero-order valence-corrected chi connectivity index (χ0v) is 16.4. The molecule has 11 N–H and O–H groups in total. The van der Waals surface area contributed by atoms with Crippen LogP contribution in [-0.2, 0) is 20.8 Å². The highest BCUT2D eigenvalue weighted by molar-refractivity contribution is 5.95. The Morgan fingerprint density at radius 2 is 1.93 bits per heavy atom. The third-order valence-corrected chi connectivity index (χ3v) is 4.41. The van der Waals surface area contributed by atoms with Gasteiger partial charge in [0.1, 0.15) is 6.04 Å². The first-order chi connectivity index (χ1) is 14.3. The zero-order chi connectivity index (χ0) is 22.1. The number of carboxylic acids is 1. The highest BCUT2D eigenvalue weighted by atomic mass is 16.4. The molecule has 0 aliphatic carbocycles. The molecule has 1 unspecified atom stereocenters. The monoisotopic (exact) mass is 417 g/mol. The largest absolute Gasteiger partial charge is 0.479 e. The number of carbonyl (C=O) groups is 3. The van der Waals surface area contributed by atoms with Crippen LogP contribution in [0, 0.1) is 6.04 Å². The topological polar surface area (TPSA) is 203 Å². The molecule has 2 aromatic rings. The van der Waals surface area contributed by atoms with E-state index in [4.69, 9.17) is 17.2 Å². The van der Waals surface area contributed by atoms with Gasteiger partial charge in [0.25, 0.3) is 0 Å². The number of fused-ring (bicyclic) bond motifs is 1. The fourth-order valence-corrected chi connectivity index (χ4v) is 2.94. The second-order valence-electron chi connectivity index (χ2n) is 6.66. The molecule has 0 saturated heterocycles. The maximum Gasteiger partial charge on any atom is 0.338 e. The van der Waals surface area contributed by atoms with Crippen molar-refractivity contribution in [2.75, 3.05) is 13.1 Å². The van der Waals surface area contributed by atoms with Crippen LogP contribution in [0.4, 0.5) is 0 Å². The highest BCUT2D eigenvalue weighted by Gasteiger charge is 2.28. The summed E-state index contributed by atoms with van der Waals surface area (Å²) < 4.78 is 0. The number of guanidine groups is 1. The van der Waals surface area contributed by atoms with Gasteiger partial charge in [0.15, 0.2) is 6.04 Å². The van der Waals surface area contributed by atoms with E-state index in [1.807, 2.05) is 24.3 Å². The number of aromatic amines is 1. The van der Waals surface area contributed by atoms with E-state index in [-0.39, 0.29) is 31.4 Å². The van der Waals surface area contributed by atoms with E-state index in [9.17, 15) is 19.5 Å². The molecule has 0 bridgehead atoms. The van der Waals surface area contributed by atoms with Gasteiger partial charge in [0.05, 0.1) is 13.1 Å². The third-order valence-electron chi connectivity index (χ3n) is 4.41. The number of aliphatic carboxylic acids is 1. The minimum Gasteiger partial charge on any atom is -0.479 e. The number of para-hydroxylation sites is 1. The number of hydrogen-bond acceptors (Lipinski definition) is 4. The second kappa shape index (κ2) is 10.8. The van der Waals surface area contributed by atoms with Crippen LogP contribution in [0.2, 0.25) is 0 Å². The van der Waals surface area contributed by atoms with E-state index in [2.05, 4.69) is 20.6 Å². The van der Waals surface area contributed by atoms with Gasteiger partial charge in [0, 0.05) is 23.5 Å². The van der Waals surface area contributed by atoms with E-state index < -0.39 is 23.8 Å². The fourth-order valence-electron chi connectivity index (χ4n) is 2.94. The number of hydrogen-bond donors (Lipinski definition) is 8. The average molecular weight is 417 g/mol. The Morgan fingerprint density at radius 1 is 1.20 bits per heavy atom. The third kappa shape index (κ3) is 6.48. The molecule has 1 radical (unpaired) electrons. The van der Waals surface area contributed by atoms with E-state index in [0.29, 0.717) is 13.0 Å². The van der Waals surface area contributed by atoms with Gasteiger partial charge >= 0.3 is 11.9 Å². The summed E-state index contributed by atoms with van der Waals surface area (Å²) in [6.07, 6.45) is 2.39. The number of rotatable bonds is 11. The molecule has 11 heteroatoms. The summed E-state index contributed by atoms with van der Waals surface area (Å²) in [6, 6.07) is 6.28.